The molecule has 0 unspecified atom stereocenters. The second-order valence-electron chi connectivity index (χ2n) is 5.90. The molecule has 2 N–H and O–H groups in total. The predicted octanol–water partition coefficient (Wildman–Crippen LogP) is 4.26. The summed E-state index contributed by atoms with van der Waals surface area (Å²) in [6, 6.07) is 25.4. The summed E-state index contributed by atoms with van der Waals surface area (Å²) in [5.41, 5.74) is 1.90. The molecule has 6 heteroatoms. The fourth-order valence-electron chi connectivity index (χ4n) is 2.43. The van der Waals surface area contributed by atoms with E-state index in [-0.39, 0.29) is 11.5 Å². The molecule has 0 bridgehead atoms. The summed E-state index contributed by atoms with van der Waals surface area (Å²) in [7, 11) is 0. The fraction of sp³-hybridized carbons (Fsp3) is 0.0909. The quantitative estimate of drug-likeness (QED) is 0.674. The highest BCUT2D eigenvalue weighted by atomic mass is 16.6. The van der Waals surface area contributed by atoms with Gasteiger partial charge in [-0.05, 0) is 23.3 Å². The van der Waals surface area contributed by atoms with Gasteiger partial charge in [0.2, 0.25) is 0 Å². The Hall–Kier alpha value is -3.80. The maximum atomic E-state index is 12.0. The van der Waals surface area contributed by atoms with E-state index in [1.54, 1.807) is 24.3 Å². The van der Waals surface area contributed by atoms with Crippen LogP contribution in [0.3, 0.4) is 0 Å². The molecule has 0 saturated heterocycles. The number of ether oxygens (including phenoxy) is 2. The zero-order valence-corrected chi connectivity index (χ0v) is 15.1. The normalized spacial score (nSPS) is 10.0. The first-order valence-corrected chi connectivity index (χ1v) is 8.79. The first kappa shape index (κ1) is 19.0. The lowest BCUT2D eigenvalue weighted by Gasteiger charge is -2.11. The summed E-state index contributed by atoms with van der Waals surface area (Å²) in [5.74, 6) is 0.311. The monoisotopic (exact) mass is 376 g/mol. The van der Waals surface area contributed by atoms with Gasteiger partial charge < -0.3 is 20.1 Å². The summed E-state index contributed by atoms with van der Waals surface area (Å²) in [6.45, 7) is 0.667. The van der Waals surface area contributed by atoms with Gasteiger partial charge >= 0.3 is 12.2 Å². The molecule has 0 aromatic heterocycles. The van der Waals surface area contributed by atoms with Crippen LogP contribution in [-0.4, -0.2) is 12.2 Å². The third kappa shape index (κ3) is 5.88. The van der Waals surface area contributed by atoms with Gasteiger partial charge in [-0.25, -0.2) is 9.59 Å². The van der Waals surface area contributed by atoms with Crippen molar-refractivity contribution >= 4 is 12.2 Å². The summed E-state index contributed by atoms with van der Waals surface area (Å²) >= 11 is 0. The van der Waals surface area contributed by atoms with Crippen LogP contribution in [0, 0.1) is 0 Å². The van der Waals surface area contributed by atoms with Crippen molar-refractivity contribution in [3.63, 3.8) is 0 Å². The highest BCUT2D eigenvalue weighted by molar-refractivity contribution is 5.74. The molecule has 0 aliphatic rings. The molecular weight excluding hydrogens is 356 g/mol. The maximum absolute atomic E-state index is 12.0. The number of rotatable bonds is 6. The molecule has 3 aromatic carbocycles. The largest absolute Gasteiger partial charge is 0.413 e. The minimum absolute atomic E-state index is 0.155. The summed E-state index contributed by atoms with van der Waals surface area (Å²) in [4.78, 5) is 24.1. The molecule has 142 valence electrons. The molecule has 0 aliphatic heterocycles. The Morgan fingerprint density at radius 3 is 1.32 bits per heavy atom. The van der Waals surface area contributed by atoms with Crippen molar-refractivity contribution in [2.75, 3.05) is 0 Å². The van der Waals surface area contributed by atoms with E-state index < -0.39 is 12.2 Å². The van der Waals surface area contributed by atoms with Crippen LogP contribution >= 0.6 is 0 Å². The molecule has 0 atom stereocenters. The number of hydrogen-bond acceptors (Lipinski definition) is 4. The summed E-state index contributed by atoms with van der Waals surface area (Å²) < 4.78 is 10.6. The Balaban J connectivity index is 1.53. The van der Waals surface area contributed by atoms with Crippen LogP contribution in [0.2, 0.25) is 0 Å². The standard InChI is InChI=1S/C22H20N2O4/c25-21(23-15-17-9-3-1-4-10-17)27-19-13-7-8-14-20(19)28-22(26)24-16-18-11-5-2-6-12-18/h1-14H,15-16H2,(H,23,25)(H,24,26). The predicted molar refractivity (Wildman–Crippen MR) is 105 cm³/mol. The molecule has 0 saturated carbocycles. The number of amides is 2. The first-order chi connectivity index (χ1) is 13.7. The van der Waals surface area contributed by atoms with Gasteiger partial charge in [0.1, 0.15) is 0 Å². The van der Waals surface area contributed by atoms with Crippen LogP contribution in [-0.2, 0) is 13.1 Å². The zero-order valence-electron chi connectivity index (χ0n) is 15.1. The van der Waals surface area contributed by atoms with E-state index in [1.165, 1.54) is 0 Å². The van der Waals surface area contributed by atoms with E-state index in [0.29, 0.717) is 13.1 Å². The second kappa shape index (κ2) is 9.78. The van der Waals surface area contributed by atoms with Crippen molar-refractivity contribution in [2.45, 2.75) is 13.1 Å². The van der Waals surface area contributed by atoms with Crippen LogP contribution in [0.5, 0.6) is 11.5 Å². The minimum Gasteiger partial charge on any atom is -0.406 e. The number of nitrogens with one attached hydrogen (secondary N) is 2. The Bertz CT molecular complexity index is 838. The van der Waals surface area contributed by atoms with Gasteiger partial charge in [0.05, 0.1) is 0 Å². The molecule has 0 fully saturated rings. The number of para-hydroxylation sites is 2. The van der Waals surface area contributed by atoms with Crippen LogP contribution in [0.4, 0.5) is 9.59 Å². The van der Waals surface area contributed by atoms with Gasteiger partial charge in [-0.3, -0.25) is 0 Å². The average Bonchev–Trinajstić information content (AvgIpc) is 2.74. The van der Waals surface area contributed by atoms with Crippen LogP contribution in [0.25, 0.3) is 0 Å². The smallest absolute Gasteiger partial charge is 0.406 e. The molecule has 0 aliphatic carbocycles. The third-order valence-corrected chi connectivity index (χ3v) is 3.81. The molecule has 0 heterocycles. The van der Waals surface area contributed by atoms with Crippen LogP contribution in [0.15, 0.2) is 84.9 Å². The van der Waals surface area contributed by atoms with Crippen molar-refractivity contribution in [3.05, 3.63) is 96.1 Å². The van der Waals surface area contributed by atoms with Gasteiger partial charge in [0, 0.05) is 13.1 Å². The van der Waals surface area contributed by atoms with Crippen molar-refractivity contribution in [3.8, 4) is 11.5 Å². The Morgan fingerprint density at radius 2 is 0.929 bits per heavy atom. The number of carbonyl (C=O) groups excluding carboxylic acids is 2. The van der Waals surface area contributed by atoms with Crippen molar-refractivity contribution < 1.29 is 19.1 Å². The molecule has 6 nitrogen and oxygen atoms in total. The highest BCUT2D eigenvalue weighted by Crippen LogP contribution is 2.26. The Morgan fingerprint density at radius 1 is 0.571 bits per heavy atom. The van der Waals surface area contributed by atoms with Gasteiger partial charge in [0.25, 0.3) is 0 Å². The van der Waals surface area contributed by atoms with Gasteiger partial charge in [0.15, 0.2) is 11.5 Å². The van der Waals surface area contributed by atoms with E-state index in [1.807, 2.05) is 60.7 Å². The SMILES string of the molecule is O=C(NCc1ccccc1)Oc1ccccc1OC(=O)NCc1ccccc1. The number of carbonyl (C=O) groups is 2. The van der Waals surface area contributed by atoms with Crippen LogP contribution < -0.4 is 20.1 Å². The van der Waals surface area contributed by atoms with E-state index >= 15 is 0 Å². The minimum atomic E-state index is -0.635. The Labute approximate surface area is 163 Å². The second-order valence-corrected chi connectivity index (χ2v) is 5.90. The van der Waals surface area contributed by atoms with Gasteiger partial charge in [-0.1, -0.05) is 72.8 Å². The summed E-state index contributed by atoms with van der Waals surface area (Å²) in [5, 5.41) is 5.31. The molecular formula is C22H20N2O4. The number of hydrogen-bond donors (Lipinski definition) is 2. The number of benzene rings is 3. The molecule has 0 spiro atoms. The maximum Gasteiger partial charge on any atom is 0.413 e. The summed E-state index contributed by atoms with van der Waals surface area (Å²) in [6.07, 6.45) is -1.27. The van der Waals surface area contributed by atoms with E-state index in [2.05, 4.69) is 10.6 Å². The highest BCUT2D eigenvalue weighted by Gasteiger charge is 2.13. The van der Waals surface area contributed by atoms with E-state index in [9.17, 15) is 9.59 Å². The van der Waals surface area contributed by atoms with E-state index in [0.717, 1.165) is 11.1 Å². The van der Waals surface area contributed by atoms with Gasteiger partial charge in [-0.15, -0.1) is 0 Å². The molecule has 0 radical (unpaired) electrons. The Kier molecular flexibility index (Phi) is 6.62. The lowest BCUT2D eigenvalue weighted by Crippen LogP contribution is -2.28. The van der Waals surface area contributed by atoms with Crippen molar-refractivity contribution in [1.29, 1.82) is 0 Å². The molecule has 3 rings (SSSR count). The first-order valence-electron chi connectivity index (χ1n) is 8.79. The fourth-order valence-corrected chi connectivity index (χ4v) is 2.43. The third-order valence-electron chi connectivity index (χ3n) is 3.81. The van der Waals surface area contributed by atoms with Crippen LogP contribution in [0.1, 0.15) is 11.1 Å². The molecule has 28 heavy (non-hydrogen) atoms. The zero-order chi connectivity index (χ0) is 19.6. The molecule has 2 amide bonds. The lowest BCUT2D eigenvalue weighted by atomic mass is 10.2. The van der Waals surface area contributed by atoms with Gasteiger partial charge in [-0.2, -0.15) is 0 Å². The van der Waals surface area contributed by atoms with E-state index in [4.69, 9.17) is 9.47 Å². The average molecular weight is 376 g/mol. The molecule has 3 aromatic rings. The topological polar surface area (TPSA) is 76.7 Å². The van der Waals surface area contributed by atoms with Crippen molar-refractivity contribution in [1.82, 2.24) is 10.6 Å². The van der Waals surface area contributed by atoms with Crippen molar-refractivity contribution in [2.24, 2.45) is 0 Å². The lowest BCUT2D eigenvalue weighted by molar-refractivity contribution is 0.189.